The van der Waals surface area contributed by atoms with Gasteiger partial charge in [0.2, 0.25) is 0 Å². The highest BCUT2D eigenvalue weighted by molar-refractivity contribution is 7.89. The smallest absolute Gasteiger partial charge is 0.154 e. The molecule has 0 aliphatic rings. The van der Waals surface area contributed by atoms with Gasteiger partial charge in [0.15, 0.2) is 9.84 Å². The molecule has 0 spiro atoms. The van der Waals surface area contributed by atoms with Gasteiger partial charge in [-0.3, -0.25) is 0 Å². The normalized spacial score (nSPS) is 11.4. The lowest BCUT2D eigenvalue weighted by molar-refractivity contribution is 0.599. The predicted molar refractivity (Wildman–Crippen MR) is 71.0 cm³/mol. The van der Waals surface area contributed by atoms with E-state index in [0.29, 0.717) is 5.69 Å². The van der Waals surface area contributed by atoms with E-state index in [4.69, 9.17) is 11.6 Å². The summed E-state index contributed by atoms with van der Waals surface area (Å²) in [7, 11) is -3.18. The summed E-state index contributed by atoms with van der Waals surface area (Å²) >= 11 is 5.88. The Labute approximate surface area is 111 Å². The van der Waals surface area contributed by atoms with Crippen molar-refractivity contribution in [2.75, 3.05) is 6.26 Å². The molecule has 0 saturated carbocycles. The van der Waals surface area contributed by atoms with Gasteiger partial charge in [-0.1, -0.05) is 41.9 Å². The minimum Gasteiger partial charge on any atom is -0.232 e. The highest BCUT2D eigenvalue weighted by atomic mass is 35.5. The first kappa shape index (κ1) is 13.0. The summed E-state index contributed by atoms with van der Waals surface area (Å²) in [6.07, 6.45) is 1.14. The average molecular weight is 283 g/mol. The van der Waals surface area contributed by atoms with Crippen molar-refractivity contribution < 1.29 is 8.42 Å². The third kappa shape index (κ3) is 3.51. The Bertz CT molecular complexity index is 657. The van der Waals surface area contributed by atoms with Crippen LogP contribution in [0.2, 0.25) is 5.15 Å². The zero-order valence-electron chi connectivity index (χ0n) is 9.67. The molecule has 1 aromatic carbocycles. The number of halogens is 1. The lowest BCUT2D eigenvalue weighted by Crippen LogP contribution is -2.06. The van der Waals surface area contributed by atoms with Crippen LogP contribution in [0.3, 0.4) is 0 Å². The summed E-state index contributed by atoms with van der Waals surface area (Å²) in [5.74, 6) is -0.00299. The van der Waals surface area contributed by atoms with Crippen LogP contribution in [0.4, 0.5) is 0 Å². The fourth-order valence-corrected chi connectivity index (χ4v) is 2.32. The van der Waals surface area contributed by atoms with Crippen LogP contribution in [0.1, 0.15) is 5.82 Å². The van der Waals surface area contributed by atoms with Crippen molar-refractivity contribution in [3.05, 3.63) is 47.4 Å². The van der Waals surface area contributed by atoms with Crippen LogP contribution >= 0.6 is 11.6 Å². The largest absolute Gasteiger partial charge is 0.232 e. The minimum absolute atomic E-state index is 0.212. The molecule has 0 atom stereocenters. The third-order valence-corrected chi connectivity index (χ3v) is 3.18. The van der Waals surface area contributed by atoms with Gasteiger partial charge in [0.25, 0.3) is 0 Å². The van der Waals surface area contributed by atoms with Gasteiger partial charge in [0, 0.05) is 17.9 Å². The second kappa shape index (κ2) is 5.04. The van der Waals surface area contributed by atoms with E-state index in [1.165, 1.54) is 0 Å². The Morgan fingerprint density at radius 3 is 2.44 bits per heavy atom. The fourth-order valence-electron chi connectivity index (χ4n) is 1.52. The molecule has 6 heteroatoms. The van der Waals surface area contributed by atoms with Crippen LogP contribution in [-0.2, 0) is 15.6 Å². The number of aromatic nitrogens is 2. The van der Waals surface area contributed by atoms with Crippen LogP contribution in [0, 0.1) is 0 Å². The number of rotatable bonds is 3. The third-order valence-electron chi connectivity index (χ3n) is 2.20. The Kier molecular flexibility index (Phi) is 3.63. The fraction of sp³-hybridized carbons (Fsp3) is 0.167. The van der Waals surface area contributed by atoms with E-state index < -0.39 is 9.84 Å². The second-order valence-electron chi connectivity index (χ2n) is 3.93. The summed E-state index contributed by atoms with van der Waals surface area (Å²) in [5.41, 5.74) is 1.49. The van der Waals surface area contributed by atoms with Crippen LogP contribution in [-0.4, -0.2) is 24.6 Å². The zero-order chi connectivity index (χ0) is 13.2. The summed E-state index contributed by atoms with van der Waals surface area (Å²) in [4.78, 5) is 8.13. The highest BCUT2D eigenvalue weighted by Gasteiger charge is 2.10. The number of hydrogen-bond acceptors (Lipinski definition) is 4. The number of hydrogen-bond donors (Lipinski definition) is 0. The SMILES string of the molecule is CS(=O)(=O)Cc1nc(Cl)cc(-c2ccccc2)n1. The predicted octanol–water partition coefficient (Wildman–Crippen LogP) is 2.34. The van der Waals surface area contributed by atoms with Gasteiger partial charge in [-0.15, -0.1) is 0 Å². The maximum Gasteiger partial charge on any atom is 0.154 e. The number of sulfone groups is 1. The van der Waals surface area contributed by atoms with Crippen molar-refractivity contribution in [2.24, 2.45) is 0 Å². The van der Waals surface area contributed by atoms with E-state index in [2.05, 4.69) is 9.97 Å². The molecule has 0 N–H and O–H groups in total. The van der Waals surface area contributed by atoms with E-state index in [1.807, 2.05) is 30.3 Å². The van der Waals surface area contributed by atoms with Crippen LogP contribution in [0.25, 0.3) is 11.3 Å². The molecule has 0 amide bonds. The minimum atomic E-state index is -3.18. The molecular formula is C12H11ClN2O2S. The Balaban J connectivity index is 2.45. The topological polar surface area (TPSA) is 59.9 Å². The Hall–Kier alpha value is -1.46. The molecule has 0 radical (unpaired) electrons. The summed E-state index contributed by atoms with van der Waals surface area (Å²) in [5, 5.41) is 0.238. The zero-order valence-corrected chi connectivity index (χ0v) is 11.2. The molecule has 0 aliphatic heterocycles. The van der Waals surface area contributed by atoms with E-state index in [1.54, 1.807) is 6.07 Å². The molecule has 1 aromatic heterocycles. The second-order valence-corrected chi connectivity index (χ2v) is 6.46. The quantitative estimate of drug-likeness (QED) is 0.811. The first-order valence-corrected chi connectivity index (χ1v) is 7.64. The lowest BCUT2D eigenvalue weighted by Gasteiger charge is -2.04. The van der Waals surface area contributed by atoms with Crippen LogP contribution in [0.5, 0.6) is 0 Å². The molecule has 0 bridgehead atoms. The van der Waals surface area contributed by atoms with E-state index in [0.717, 1.165) is 11.8 Å². The van der Waals surface area contributed by atoms with Crippen molar-refractivity contribution in [1.82, 2.24) is 9.97 Å². The number of benzene rings is 1. The Morgan fingerprint density at radius 2 is 1.83 bits per heavy atom. The van der Waals surface area contributed by atoms with Gasteiger partial charge in [-0.2, -0.15) is 0 Å². The standard InChI is InChI=1S/C12H11ClN2O2S/c1-18(16,17)8-12-14-10(7-11(13)15-12)9-5-3-2-4-6-9/h2-7H,8H2,1H3. The molecule has 0 aliphatic carbocycles. The van der Waals surface area contributed by atoms with Gasteiger partial charge in [0.1, 0.15) is 16.7 Å². The van der Waals surface area contributed by atoms with E-state index in [9.17, 15) is 8.42 Å². The van der Waals surface area contributed by atoms with Crippen molar-refractivity contribution in [3.63, 3.8) is 0 Å². The molecule has 0 unspecified atom stereocenters. The molecule has 2 rings (SSSR count). The van der Waals surface area contributed by atoms with E-state index >= 15 is 0 Å². The van der Waals surface area contributed by atoms with Crippen LogP contribution < -0.4 is 0 Å². The van der Waals surface area contributed by atoms with Crippen molar-refractivity contribution in [1.29, 1.82) is 0 Å². The molecule has 2 aromatic rings. The molecular weight excluding hydrogens is 272 g/mol. The van der Waals surface area contributed by atoms with Crippen molar-refractivity contribution >= 4 is 21.4 Å². The van der Waals surface area contributed by atoms with Crippen LogP contribution in [0.15, 0.2) is 36.4 Å². The first-order valence-electron chi connectivity index (χ1n) is 5.21. The molecule has 18 heavy (non-hydrogen) atoms. The highest BCUT2D eigenvalue weighted by Crippen LogP contribution is 2.20. The molecule has 4 nitrogen and oxygen atoms in total. The summed E-state index contributed by atoms with van der Waals surface area (Å²) in [6.45, 7) is 0. The van der Waals surface area contributed by atoms with Gasteiger partial charge in [-0.25, -0.2) is 18.4 Å². The molecule has 0 fully saturated rings. The van der Waals surface area contributed by atoms with Crippen molar-refractivity contribution in [2.45, 2.75) is 5.75 Å². The van der Waals surface area contributed by atoms with Crippen molar-refractivity contribution in [3.8, 4) is 11.3 Å². The first-order chi connectivity index (χ1) is 8.44. The number of nitrogens with zero attached hydrogens (tertiary/aromatic N) is 2. The van der Waals surface area contributed by atoms with E-state index in [-0.39, 0.29) is 16.7 Å². The monoisotopic (exact) mass is 282 g/mol. The summed E-state index contributed by atoms with van der Waals surface area (Å²) < 4.78 is 22.5. The molecule has 1 heterocycles. The average Bonchev–Trinajstić information content (AvgIpc) is 2.27. The summed E-state index contributed by atoms with van der Waals surface area (Å²) in [6, 6.07) is 11.0. The van der Waals surface area contributed by atoms with Gasteiger partial charge >= 0.3 is 0 Å². The Morgan fingerprint density at radius 1 is 1.17 bits per heavy atom. The molecule has 0 saturated heterocycles. The van der Waals surface area contributed by atoms with Gasteiger partial charge < -0.3 is 0 Å². The van der Waals surface area contributed by atoms with Gasteiger partial charge in [0.05, 0.1) is 5.69 Å². The maximum absolute atomic E-state index is 11.2. The van der Waals surface area contributed by atoms with Gasteiger partial charge in [-0.05, 0) is 0 Å². The lowest BCUT2D eigenvalue weighted by atomic mass is 10.1. The maximum atomic E-state index is 11.2. The molecule has 94 valence electrons.